The number of benzene rings is 2. The highest BCUT2D eigenvalue weighted by molar-refractivity contribution is 6.33. The molecule has 0 amide bonds. The predicted molar refractivity (Wildman–Crippen MR) is 72.0 cm³/mol. The van der Waals surface area contributed by atoms with Crippen LogP contribution in [-0.2, 0) is 11.3 Å². The van der Waals surface area contributed by atoms with E-state index in [9.17, 15) is 4.79 Å². The maximum atomic E-state index is 11.8. The molecule has 0 radical (unpaired) electrons. The molecule has 2 aromatic rings. The van der Waals surface area contributed by atoms with Crippen molar-refractivity contribution in [3.05, 3.63) is 69.7 Å². The van der Waals surface area contributed by atoms with Crippen LogP contribution in [0.25, 0.3) is 0 Å². The third-order valence-corrected chi connectivity index (χ3v) is 2.96. The summed E-state index contributed by atoms with van der Waals surface area (Å²) in [7, 11) is 0. The number of rotatable bonds is 3. The molecule has 0 aliphatic carbocycles. The molecule has 4 heteroatoms. The second-order valence-corrected chi connectivity index (χ2v) is 4.53. The molecule has 0 atom stereocenters. The van der Waals surface area contributed by atoms with Gasteiger partial charge >= 0.3 is 5.97 Å². The molecule has 2 aromatic carbocycles. The molecule has 0 aliphatic heterocycles. The second kappa shape index (κ2) is 5.89. The number of hydrogen-bond donors (Lipinski definition) is 0. The molecule has 18 heavy (non-hydrogen) atoms. The molecule has 92 valence electrons. The lowest BCUT2D eigenvalue weighted by Gasteiger charge is -2.06. The SMILES string of the molecule is O=C(OCc1ccc(Cl)cc1)c1ccccc1Cl. The van der Waals surface area contributed by atoms with Crippen molar-refractivity contribution < 1.29 is 9.53 Å². The van der Waals surface area contributed by atoms with E-state index >= 15 is 0 Å². The summed E-state index contributed by atoms with van der Waals surface area (Å²) in [5, 5.41) is 1.04. The molecule has 2 rings (SSSR count). The lowest BCUT2D eigenvalue weighted by atomic mass is 10.2. The Bertz CT molecular complexity index is 550. The minimum atomic E-state index is -0.435. The molecule has 0 heterocycles. The summed E-state index contributed by atoms with van der Waals surface area (Å²) >= 11 is 11.7. The third-order valence-electron chi connectivity index (χ3n) is 2.38. The van der Waals surface area contributed by atoms with E-state index in [4.69, 9.17) is 27.9 Å². The highest BCUT2D eigenvalue weighted by atomic mass is 35.5. The number of esters is 1. The Kier molecular flexibility index (Phi) is 4.24. The van der Waals surface area contributed by atoms with Crippen LogP contribution >= 0.6 is 23.2 Å². The van der Waals surface area contributed by atoms with Gasteiger partial charge in [-0.1, -0.05) is 47.5 Å². The maximum Gasteiger partial charge on any atom is 0.339 e. The lowest BCUT2D eigenvalue weighted by Crippen LogP contribution is -2.05. The summed E-state index contributed by atoms with van der Waals surface area (Å²) in [6.07, 6.45) is 0. The standard InChI is InChI=1S/C14H10Cl2O2/c15-11-7-5-10(6-8-11)9-18-14(17)12-3-1-2-4-13(12)16/h1-8H,9H2. The van der Waals surface area contributed by atoms with Gasteiger partial charge in [0, 0.05) is 5.02 Å². The second-order valence-electron chi connectivity index (χ2n) is 3.68. The first-order chi connectivity index (χ1) is 8.66. The Hall–Kier alpha value is -1.51. The zero-order chi connectivity index (χ0) is 13.0. The van der Waals surface area contributed by atoms with Crippen molar-refractivity contribution in [3.63, 3.8) is 0 Å². The molecule has 0 saturated carbocycles. The average molecular weight is 281 g/mol. The van der Waals surface area contributed by atoms with Gasteiger partial charge in [-0.25, -0.2) is 4.79 Å². The van der Waals surface area contributed by atoms with Crippen LogP contribution < -0.4 is 0 Å². The van der Waals surface area contributed by atoms with Gasteiger partial charge in [0.15, 0.2) is 0 Å². The summed E-state index contributed by atoms with van der Waals surface area (Å²) in [5.74, 6) is -0.435. The Morgan fingerprint density at radius 2 is 1.67 bits per heavy atom. The number of halogens is 2. The van der Waals surface area contributed by atoms with Crippen molar-refractivity contribution in [2.24, 2.45) is 0 Å². The first-order valence-electron chi connectivity index (χ1n) is 5.33. The van der Waals surface area contributed by atoms with Gasteiger partial charge in [-0.05, 0) is 29.8 Å². The summed E-state index contributed by atoms with van der Waals surface area (Å²) in [5.41, 5.74) is 1.24. The van der Waals surface area contributed by atoms with Crippen LogP contribution in [0, 0.1) is 0 Å². The highest BCUT2D eigenvalue weighted by Gasteiger charge is 2.10. The topological polar surface area (TPSA) is 26.3 Å². The van der Waals surface area contributed by atoms with Gasteiger partial charge in [0.2, 0.25) is 0 Å². The Labute approximate surface area is 115 Å². The molecule has 0 fully saturated rings. The van der Waals surface area contributed by atoms with Crippen LogP contribution in [0.3, 0.4) is 0 Å². The summed E-state index contributed by atoms with van der Waals surface area (Å²) < 4.78 is 5.17. The van der Waals surface area contributed by atoms with Gasteiger partial charge in [0.1, 0.15) is 6.61 Å². The van der Waals surface area contributed by atoms with Gasteiger partial charge in [0.05, 0.1) is 10.6 Å². The fourth-order valence-electron chi connectivity index (χ4n) is 1.43. The van der Waals surface area contributed by atoms with Gasteiger partial charge in [-0.3, -0.25) is 0 Å². The van der Waals surface area contributed by atoms with Crippen LogP contribution in [0.15, 0.2) is 48.5 Å². The van der Waals surface area contributed by atoms with E-state index in [0.29, 0.717) is 15.6 Å². The van der Waals surface area contributed by atoms with Crippen LogP contribution in [-0.4, -0.2) is 5.97 Å². The van der Waals surface area contributed by atoms with Gasteiger partial charge in [0.25, 0.3) is 0 Å². The predicted octanol–water partition coefficient (Wildman–Crippen LogP) is 4.35. The summed E-state index contributed by atoms with van der Waals surface area (Å²) in [4.78, 5) is 11.8. The van der Waals surface area contributed by atoms with Crippen molar-refractivity contribution in [1.29, 1.82) is 0 Å². The van der Waals surface area contributed by atoms with E-state index in [1.54, 1.807) is 36.4 Å². The summed E-state index contributed by atoms with van der Waals surface area (Å²) in [6, 6.07) is 13.9. The minimum absolute atomic E-state index is 0.196. The molecule has 2 nitrogen and oxygen atoms in total. The summed E-state index contributed by atoms with van der Waals surface area (Å²) in [6.45, 7) is 0.196. The maximum absolute atomic E-state index is 11.8. The third kappa shape index (κ3) is 3.25. The normalized spacial score (nSPS) is 10.1. The molecular weight excluding hydrogens is 271 g/mol. The molecule has 0 aromatic heterocycles. The van der Waals surface area contributed by atoms with Gasteiger partial charge < -0.3 is 4.74 Å². The molecule has 0 unspecified atom stereocenters. The average Bonchev–Trinajstić information content (AvgIpc) is 2.38. The Balaban J connectivity index is 2.01. The number of carbonyl (C=O) groups is 1. The van der Waals surface area contributed by atoms with E-state index in [1.807, 2.05) is 12.1 Å². The fourth-order valence-corrected chi connectivity index (χ4v) is 1.77. The van der Waals surface area contributed by atoms with Crippen LogP contribution in [0.4, 0.5) is 0 Å². The smallest absolute Gasteiger partial charge is 0.339 e. The molecule has 0 N–H and O–H groups in total. The van der Waals surface area contributed by atoms with Crippen molar-refractivity contribution in [1.82, 2.24) is 0 Å². The number of hydrogen-bond acceptors (Lipinski definition) is 2. The van der Waals surface area contributed by atoms with Crippen LogP contribution in [0.2, 0.25) is 10.0 Å². The van der Waals surface area contributed by atoms with E-state index in [1.165, 1.54) is 0 Å². The van der Waals surface area contributed by atoms with E-state index in [2.05, 4.69) is 0 Å². The Morgan fingerprint density at radius 3 is 2.33 bits per heavy atom. The quantitative estimate of drug-likeness (QED) is 0.782. The largest absolute Gasteiger partial charge is 0.457 e. The molecule has 0 spiro atoms. The van der Waals surface area contributed by atoms with E-state index in [-0.39, 0.29) is 6.61 Å². The van der Waals surface area contributed by atoms with E-state index < -0.39 is 5.97 Å². The van der Waals surface area contributed by atoms with Crippen molar-refractivity contribution in [2.45, 2.75) is 6.61 Å². The van der Waals surface area contributed by atoms with Gasteiger partial charge in [-0.2, -0.15) is 0 Å². The Morgan fingerprint density at radius 1 is 1.00 bits per heavy atom. The molecule has 0 bridgehead atoms. The zero-order valence-electron chi connectivity index (χ0n) is 9.40. The van der Waals surface area contributed by atoms with Crippen LogP contribution in [0.1, 0.15) is 15.9 Å². The first kappa shape index (κ1) is 12.9. The molecule has 0 saturated heterocycles. The lowest BCUT2D eigenvalue weighted by molar-refractivity contribution is 0.0473. The monoisotopic (exact) mass is 280 g/mol. The number of ether oxygens (including phenoxy) is 1. The first-order valence-corrected chi connectivity index (χ1v) is 6.08. The van der Waals surface area contributed by atoms with E-state index in [0.717, 1.165) is 5.56 Å². The van der Waals surface area contributed by atoms with Crippen LogP contribution in [0.5, 0.6) is 0 Å². The molecule has 0 aliphatic rings. The molecular formula is C14H10Cl2O2. The fraction of sp³-hybridized carbons (Fsp3) is 0.0714. The number of carbonyl (C=O) groups excluding carboxylic acids is 1. The zero-order valence-corrected chi connectivity index (χ0v) is 10.9. The minimum Gasteiger partial charge on any atom is -0.457 e. The highest BCUT2D eigenvalue weighted by Crippen LogP contribution is 2.17. The van der Waals surface area contributed by atoms with Crippen molar-refractivity contribution >= 4 is 29.2 Å². The van der Waals surface area contributed by atoms with Crippen molar-refractivity contribution in [3.8, 4) is 0 Å². The van der Waals surface area contributed by atoms with Crippen molar-refractivity contribution in [2.75, 3.05) is 0 Å². The van der Waals surface area contributed by atoms with Gasteiger partial charge in [-0.15, -0.1) is 0 Å².